The van der Waals surface area contributed by atoms with Gasteiger partial charge in [-0.2, -0.15) is 4.68 Å². The van der Waals surface area contributed by atoms with Crippen molar-refractivity contribution in [1.82, 2.24) is 25.1 Å². The van der Waals surface area contributed by atoms with Gasteiger partial charge in [-0.3, -0.25) is 9.69 Å². The zero-order chi connectivity index (χ0) is 17.3. The van der Waals surface area contributed by atoms with Gasteiger partial charge in [-0.25, -0.2) is 0 Å². The van der Waals surface area contributed by atoms with Crippen LogP contribution in [0.2, 0.25) is 0 Å². The van der Waals surface area contributed by atoms with Crippen LogP contribution >= 0.6 is 0 Å². The van der Waals surface area contributed by atoms with Gasteiger partial charge in [-0.05, 0) is 22.6 Å². The summed E-state index contributed by atoms with van der Waals surface area (Å²) in [5.41, 5.74) is 0.00777. The number of carboxylic acid groups (broad SMARTS) is 1. The number of aromatic nitrogens is 4. The Morgan fingerprint density at radius 1 is 1.16 bits per heavy atom. The first kappa shape index (κ1) is 16.0. The van der Waals surface area contributed by atoms with Gasteiger partial charge >= 0.3 is 5.97 Å². The van der Waals surface area contributed by atoms with E-state index in [0.717, 1.165) is 5.69 Å². The summed E-state index contributed by atoms with van der Waals surface area (Å²) in [7, 11) is 0. The number of nitrogens with zero attached hydrogens (tertiary/aromatic N) is 6. The number of rotatable bonds is 4. The first-order chi connectivity index (χ1) is 12.2. The Labute approximate surface area is 144 Å². The van der Waals surface area contributed by atoms with E-state index in [2.05, 4.69) is 20.4 Å². The van der Waals surface area contributed by atoms with E-state index in [1.165, 1.54) is 0 Å². The van der Waals surface area contributed by atoms with Gasteiger partial charge in [0.25, 0.3) is 0 Å². The van der Waals surface area contributed by atoms with Crippen molar-refractivity contribution in [1.29, 1.82) is 0 Å². The number of piperazine rings is 1. The molecule has 9 nitrogen and oxygen atoms in total. The molecule has 4 rings (SSSR count). The quantitative estimate of drug-likeness (QED) is 0.830. The Balaban J connectivity index is 1.50. The minimum atomic E-state index is -0.891. The molecule has 2 aromatic rings. The van der Waals surface area contributed by atoms with Crippen molar-refractivity contribution in [2.75, 3.05) is 44.3 Å². The molecule has 0 saturated carbocycles. The SMILES string of the molecule is O=C(O)C1(N2CCN(c3nnnn3-c3ccccc3)CC2)CCOC1. The number of tetrazole rings is 1. The summed E-state index contributed by atoms with van der Waals surface area (Å²) in [4.78, 5) is 15.9. The molecule has 1 atom stereocenters. The fraction of sp³-hybridized carbons (Fsp3) is 0.500. The fourth-order valence-corrected chi connectivity index (χ4v) is 3.56. The Kier molecular flexibility index (Phi) is 4.10. The van der Waals surface area contributed by atoms with Crippen molar-refractivity contribution in [2.24, 2.45) is 0 Å². The van der Waals surface area contributed by atoms with Crippen molar-refractivity contribution in [3.05, 3.63) is 30.3 Å². The van der Waals surface area contributed by atoms with E-state index in [0.29, 0.717) is 45.2 Å². The summed E-state index contributed by atoms with van der Waals surface area (Å²) in [5.74, 6) is -0.120. The van der Waals surface area contributed by atoms with Crippen LogP contribution in [0.4, 0.5) is 5.95 Å². The number of hydrogen-bond acceptors (Lipinski definition) is 7. The predicted octanol–water partition coefficient (Wildman–Crippen LogP) is 0.0280. The highest BCUT2D eigenvalue weighted by atomic mass is 16.5. The van der Waals surface area contributed by atoms with Gasteiger partial charge in [0.05, 0.1) is 12.3 Å². The molecule has 0 spiro atoms. The highest BCUT2D eigenvalue weighted by Gasteiger charge is 2.48. The predicted molar refractivity (Wildman–Crippen MR) is 88.7 cm³/mol. The van der Waals surface area contributed by atoms with Gasteiger partial charge in [-0.15, -0.1) is 0 Å². The lowest BCUT2D eigenvalue weighted by atomic mass is 9.95. The number of ether oxygens (including phenoxy) is 1. The third kappa shape index (κ3) is 2.75. The van der Waals surface area contributed by atoms with E-state index in [1.54, 1.807) is 4.68 Å². The Morgan fingerprint density at radius 3 is 2.56 bits per heavy atom. The van der Waals surface area contributed by atoms with E-state index >= 15 is 0 Å². The molecule has 1 aromatic carbocycles. The van der Waals surface area contributed by atoms with E-state index in [9.17, 15) is 9.90 Å². The van der Waals surface area contributed by atoms with Gasteiger partial charge < -0.3 is 14.7 Å². The topological polar surface area (TPSA) is 96.6 Å². The first-order valence-electron chi connectivity index (χ1n) is 8.36. The minimum absolute atomic E-state index is 0.254. The molecule has 0 aliphatic carbocycles. The largest absolute Gasteiger partial charge is 0.480 e. The molecule has 132 valence electrons. The van der Waals surface area contributed by atoms with Crippen LogP contribution in [0.5, 0.6) is 0 Å². The summed E-state index contributed by atoms with van der Waals surface area (Å²) in [6, 6.07) is 9.73. The third-order valence-corrected chi connectivity index (χ3v) is 5.02. The molecular weight excluding hydrogens is 324 g/mol. The molecule has 1 N–H and O–H groups in total. The van der Waals surface area contributed by atoms with Gasteiger partial charge in [0.2, 0.25) is 5.95 Å². The van der Waals surface area contributed by atoms with E-state index in [4.69, 9.17) is 4.74 Å². The van der Waals surface area contributed by atoms with Crippen molar-refractivity contribution in [3.8, 4) is 5.69 Å². The summed E-state index contributed by atoms with van der Waals surface area (Å²) >= 11 is 0. The van der Waals surface area contributed by atoms with Crippen molar-refractivity contribution >= 4 is 11.9 Å². The number of hydrogen-bond donors (Lipinski definition) is 1. The molecular formula is C16H20N6O3. The minimum Gasteiger partial charge on any atom is -0.480 e. The number of anilines is 1. The van der Waals surface area contributed by atoms with Crippen LogP contribution in [0.15, 0.2) is 30.3 Å². The Morgan fingerprint density at radius 2 is 1.92 bits per heavy atom. The van der Waals surface area contributed by atoms with Crippen molar-refractivity contribution in [2.45, 2.75) is 12.0 Å². The second kappa shape index (κ2) is 6.41. The molecule has 0 radical (unpaired) electrons. The third-order valence-electron chi connectivity index (χ3n) is 5.02. The molecule has 25 heavy (non-hydrogen) atoms. The molecule has 2 aliphatic heterocycles. The molecule has 2 fully saturated rings. The molecule has 0 amide bonds. The van der Waals surface area contributed by atoms with Crippen molar-refractivity contribution in [3.63, 3.8) is 0 Å². The summed E-state index contributed by atoms with van der Waals surface area (Å²) < 4.78 is 7.09. The monoisotopic (exact) mass is 344 g/mol. The summed E-state index contributed by atoms with van der Waals surface area (Å²) in [6.07, 6.45) is 0.532. The van der Waals surface area contributed by atoms with E-state index < -0.39 is 11.5 Å². The second-order valence-electron chi connectivity index (χ2n) is 6.34. The average Bonchev–Trinajstić information content (AvgIpc) is 3.33. The highest BCUT2D eigenvalue weighted by molar-refractivity contribution is 5.79. The fourth-order valence-electron chi connectivity index (χ4n) is 3.56. The molecule has 3 heterocycles. The lowest BCUT2D eigenvalue weighted by molar-refractivity contribution is -0.152. The first-order valence-corrected chi connectivity index (χ1v) is 8.36. The number of carbonyl (C=O) groups is 1. The Hall–Kier alpha value is -2.52. The number of aliphatic carboxylic acids is 1. The summed E-state index contributed by atoms with van der Waals surface area (Å²) in [6.45, 7) is 3.36. The van der Waals surface area contributed by atoms with Crippen LogP contribution in [-0.4, -0.2) is 81.1 Å². The van der Waals surface area contributed by atoms with Gasteiger partial charge in [0, 0.05) is 39.2 Å². The zero-order valence-electron chi connectivity index (χ0n) is 13.8. The van der Waals surface area contributed by atoms with Crippen LogP contribution < -0.4 is 4.90 Å². The van der Waals surface area contributed by atoms with E-state index in [1.807, 2.05) is 35.2 Å². The maximum Gasteiger partial charge on any atom is 0.326 e. The maximum atomic E-state index is 11.8. The van der Waals surface area contributed by atoms with Crippen LogP contribution in [0, 0.1) is 0 Å². The van der Waals surface area contributed by atoms with Gasteiger partial charge in [0.15, 0.2) is 0 Å². The van der Waals surface area contributed by atoms with Crippen molar-refractivity contribution < 1.29 is 14.6 Å². The lowest BCUT2D eigenvalue weighted by Crippen LogP contribution is -2.61. The van der Waals surface area contributed by atoms with Crippen LogP contribution in [0.25, 0.3) is 5.69 Å². The standard InChI is InChI=1S/C16H20N6O3/c23-14(24)16(6-11-25-12-16)21-9-7-20(8-10-21)15-17-18-19-22(15)13-4-2-1-3-5-13/h1-5H,6-12H2,(H,23,24). The molecule has 9 heteroatoms. The van der Waals surface area contributed by atoms with Crippen LogP contribution in [0.3, 0.4) is 0 Å². The molecule has 2 saturated heterocycles. The Bertz CT molecular complexity index is 735. The van der Waals surface area contributed by atoms with Crippen LogP contribution in [-0.2, 0) is 9.53 Å². The molecule has 2 aliphatic rings. The van der Waals surface area contributed by atoms with Gasteiger partial charge in [-0.1, -0.05) is 23.3 Å². The molecule has 1 unspecified atom stereocenters. The zero-order valence-corrected chi connectivity index (χ0v) is 13.8. The van der Waals surface area contributed by atoms with E-state index in [-0.39, 0.29) is 6.61 Å². The normalized spacial score (nSPS) is 24.6. The highest BCUT2D eigenvalue weighted by Crippen LogP contribution is 2.28. The van der Waals surface area contributed by atoms with Crippen LogP contribution in [0.1, 0.15) is 6.42 Å². The average molecular weight is 344 g/mol. The smallest absolute Gasteiger partial charge is 0.326 e. The molecule has 1 aromatic heterocycles. The molecule has 0 bridgehead atoms. The number of carboxylic acids is 1. The summed E-state index contributed by atoms with van der Waals surface area (Å²) in [5, 5.41) is 21.7. The second-order valence-corrected chi connectivity index (χ2v) is 6.34. The lowest BCUT2D eigenvalue weighted by Gasteiger charge is -2.42. The number of para-hydroxylation sites is 1. The maximum absolute atomic E-state index is 11.8. The van der Waals surface area contributed by atoms with Gasteiger partial charge in [0.1, 0.15) is 5.54 Å². The number of benzene rings is 1.